The van der Waals surface area contributed by atoms with Gasteiger partial charge in [-0.05, 0) is 24.7 Å². The Morgan fingerprint density at radius 2 is 2.00 bits per heavy atom. The molecule has 0 atom stereocenters. The van der Waals surface area contributed by atoms with Crippen LogP contribution >= 0.6 is 0 Å². The van der Waals surface area contributed by atoms with Gasteiger partial charge in [-0.1, -0.05) is 12.1 Å². The predicted octanol–water partition coefficient (Wildman–Crippen LogP) is 0.740. The standard InChI is InChI=1S/C11H16N2O2/c1-12-8-13-11(14)10-5-3-9(4-6-10)7-15-2/h3-6,12H,7-8H2,1-2H3,(H,13,14). The molecule has 0 fully saturated rings. The molecule has 4 nitrogen and oxygen atoms in total. The fourth-order valence-electron chi connectivity index (χ4n) is 1.19. The molecule has 1 aromatic carbocycles. The van der Waals surface area contributed by atoms with Gasteiger partial charge in [-0.3, -0.25) is 4.79 Å². The molecule has 0 spiro atoms. The van der Waals surface area contributed by atoms with E-state index in [2.05, 4.69) is 10.6 Å². The molecule has 0 bridgehead atoms. The van der Waals surface area contributed by atoms with Gasteiger partial charge in [0.25, 0.3) is 5.91 Å². The van der Waals surface area contributed by atoms with Crippen molar-refractivity contribution in [2.75, 3.05) is 20.8 Å². The normalized spacial score (nSPS) is 10.0. The summed E-state index contributed by atoms with van der Waals surface area (Å²) in [4.78, 5) is 11.5. The van der Waals surface area contributed by atoms with Gasteiger partial charge in [0, 0.05) is 12.7 Å². The molecule has 0 aromatic heterocycles. The lowest BCUT2D eigenvalue weighted by Gasteiger charge is -2.05. The molecule has 0 radical (unpaired) electrons. The number of benzene rings is 1. The summed E-state index contributed by atoms with van der Waals surface area (Å²) in [7, 11) is 3.43. The monoisotopic (exact) mass is 208 g/mol. The average Bonchev–Trinajstić information content (AvgIpc) is 2.27. The smallest absolute Gasteiger partial charge is 0.252 e. The summed E-state index contributed by atoms with van der Waals surface area (Å²) >= 11 is 0. The topological polar surface area (TPSA) is 50.4 Å². The molecule has 0 unspecified atom stereocenters. The van der Waals surface area contributed by atoms with E-state index in [1.807, 2.05) is 12.1 Å². The van der Waals surface area contributed by atoms with E-state index in [0.29, 0.717) is 18.8 Å². The summed E-state index contributed by atoms with van der Waals surface area (Å²) in [6, 6.07) is 7.36. The third-order valence-electron chi connectivity index (χ3n) is 1.95. The van der Waals surface area contributed by atoms with E-state index in [4.69, 9.17) is 4.74 Å². The van der Waals surface area contributed by atoms with Crippen LogP contribution in [0.2, 0.25) is 0 Å². The SMILES string of the molecule is CNCNC(=O)c1ccc(COC)cc1. The molecule has 0 aliphatic heterocycles. The van der Waals surface area contributed by atoms with Gasteiger partial charge >= 0.3 is 0 Å². The summed E-state index contributed by atoms with van der Waals surface area (Å²) < 4.78 is 4.98. The molecule has 15 heavy (non-hydrogen) atoms. The molecular weight excluding hydrogens is 192 g/mol. The fourth-order valence-corrected chi connectivity index (χ4v) is 1.19. The lowest BCUT2D eigenvalue weighted by atomic mass is 10.1. The molecule has 0 saturated carbocycles. The molecule has 0 heterocycles. The number of carbonyl (C=O) groups excluding carboxylic acids is 1. The Kier molecular flexibility index (Phi) is 4.80. The van der Waals surface area contributed by atoms with Crippen molar-refractivity contribution in [1.82, 2.24) is 10.6 Å². The van der Waals surface area contributed by atoms with Crippen LogP contribution in [0.15, 0.2) is 24.3 Å². The van der Waals surface area contributed by atoms with Gasteiger partial charge in [-0.2, -0.15) is 0 Å². The Labute approximate surface area is 89.6 Å². The Morgan fingerprint density at radius 3 is 2.53 bits per heavy atom. The van der Waals surface area contributed by atoms with Crippen LogP contribution < -0.4 is 10.6 Å². The van der Waals surface area contributed by atoms with Crippen LogP contribution in [0.1, 0.15) is 15.9 Å². The van der Waals surface area contributed by atoms with Gasteiger partial charge in [0.15, 0.2) is 0 Å². The van der Waals surface area contributed by atoms with Gasteiger partial charge in [0.05, 0.1) is 13.3 Å². The molecule has 0 saturated heterocycles. The van der Waals surface area contributed by atoms with Crippen LogP contribution in [-0.4, -0.2) is 26.7 Å². The van der Waals surface area contributed by atoms with Gasteiger partial charge in [-0.25, -0.2) is 0 Å². The fraction of sp³-hybridized carbons (Fsp3) is 0.364. The van der Waals surface area contributed by atoms with Gasteiger partial charge in [0.1, 0.15) is 0 Å². The number of rotatable bonds is 5. The van der Waals surface area contributed by atoms with E-state index in [-0.39, 0.29) is 5.91 Å². The number of hydrogen-bond donors (Lipinski definition) is 2. The molecule has 1 amide bonds. The van der Waals surface area contributed by atoms with Crippen LogP contribution in [0, 0.1) is 0 Å². The summed E-state index contributed by atoms with van der Waals surface area (Å²) in [5.41, 5.74) is 1.72. The third-order valence-corrected chi connectivity index (χ3v) is 1.95. The first-order valence-electron chi connectivity index (χ1n) is 4.78. The van der Waals surface area contributed by atoms with Crippen molar-refractivity contribution in [2.45, 2.75) is 6.61 Å². The maximum Gasteiger partial charge on any atom is 0.252 e. The van der Waals surface area contributed by atoms with Crippen molar-refractivity contribution in [2.24, 2.45) is 0 Å². The molecule has 82 valence electrons. The molecule has 2 N–H and O–H groups in total. The minimum Gasteiger partial charge on any atom is -0.380 e. The zero-order valence-corrected chi connectivity index (χ0v) is 9.04. The van der Waals surface area contributed by atoms with Crippen LogP contribution in [0.25, 0.3) is 0 Å². The molecular formula is C11H16N2O2. The zero-order chi connectivity index (χ0) is 11.1. The maximum atomic E-state index is 11.5. The molecule has 0 aliphatic carbocycles. The molecule has 1 rings (SSSR count). The predicted molar refractivity (Wildman–Crippen MR) is 58.5 cm³/mol. The second kappa shape index (κ2) is 6.16. The number of nitrogens with one attached hydrogen (secondary N) is 2. The van der Waals surface area contributed by atoms with Crippen molar-refractivity contribution in [3.63, 3.8) is 0 Å². The average molecular weight is 208 g/mol. The number of methoxy groups -OCH3 is 1. The van der Waals surface area contributed by atoms with E-state index in [9.17, 15) is 4.79 Å². The van der Waals surface area contributed by atoms with E-state index in [1.54, 1.807) is 26.3 Å². The van der Waals surface area contributed by atoms with Crippen LogP contribution in [0.5, 0.6) is 0 Å². The first kappa shape index (κ1) is 11.7. The Balaban J connectivity index is 2.58. The van der Waals surface area contributed by atoms with Gasteiger partial charge in [-0.15, -0.1) is 0 Å². The summed E-state index contributed by atoms with van der Waals surface area (Å²) in [6.07, 6.45) is 0. The van der Waals surface area contributed by atoms with Crippen LogP contribution in [0.4, 0.5) is 0 Å². The summed E-state index contributed by atoms with van der Waals surface area (Å²) in [6.45, 7) is 1.04. The highest BCUT2D eigenvalue weighted by molar-refractivity contribution is 5.94. The minimum absolute atomic E-state index is 0.0756. The Bertz CT molecular complexity index is 309. The van der Waals surface area contributed by atoms with E-state index >= 15 is 0 Å². The van der Waals surface area contributed by atoms with Crippen molar-refractivity contribution < 1.29 is 9.53 Å². The zero-order valence-electron chi connectivity index (χ0n) is 9.04. The highest BCUT2D eigenvalue weighted by Gasteiger charge is 2.03. The van der Waals surface area contributed by atoms with Gasteiger partial charge < -0.3 is 15.4 Å². The lowest BCUT2D eigenvalue weighted by molar-refractivity contribution is 0.0951. The molecule has 4 heteroatoms. The second-order valence-electron chi connectivity index (χ2n) is 3.17. The maximum absolute atomic E-state index is 11.5. The van der Waals surface area contributed by atoms with Crippen molar-refractivity contribution in [3.05, 3.63) is 35.4 Å². The number of carbonyl (C=O) groups is 1. The van der Waals surface area contributed by atoms with E-state index in [1.165, 1.54) is 0 Å². The Morgan fingerprint density at radius 1 is 1.33 bits per heavy atom. The first-order valence-corrected chi connectivity index (χ1v) is 4.78. The molecule has 0 aliphatic rings. The first-order chi connectivity index (χ1) is 7.27. The van der Waals surface area contributed by atoms with Gasteiger partial charge in [0.2, 0.25) is 0 Å². The van der Waals surface area contributed by atoms with E-state index < -0.39 is 0 Å². The minimum atomic E-state index is -0.0756. The van der Waals surface area contributed by atoms with Crippen molar-refractivity contribution in [1.29, 1.82) is 0 Å². The van der Waals surface area contributed by atoms with E-state index in [0.717, 1.165) is 5.56 Å². The highest BCUT2D eigenvalue weighted by atomic mass is 16.5. The largest absolute Gasteiger partial charge is 0.380 e. The number of hydrogen-bond acceptors (Lipinski definition) is 3. The Hall–Kier alpha value is -1.39. The van der Waals surface area contributed by atoms with Crippen LogP contribution in [-0.2, 0) is 11.3 Å². The number of amides is 1. The third kappa shape index (κ3) is 3.69. The van der Waals surface area contributed by atoms with Crippen molar-refractivity contribution >= 4 is 5.91 Å². The lowest BCUT2D eigenvalue weighted by Crippen LogP contribution is -2.31. The quantitative estimate of drug-likeness (QED) is 0.702. The molecule has 1 aromatic rings. The summed E-state index contributed by atoms with van der Waals surface area (Å²) in [5, 5.41) is 5.57. The highest BCUT2D eigenvalue weighted by Crippen LogP contribution is 2.05. The van der Waals surface area contributed by atoms with Crippen molar-refractivity contribution in [3.8, 4) is 0 Å². The summed E-state index contributed by atoms with van der Waals surface area (Å²) in [5.74, 6) is -0.0756. The second-order valence-corrected chi connectivity index (χ2v) is 3.17. The number of ether oxygens (including phenoxy) is 1. The van der Waals surface area contributed by atoms with Crippen LogP contribution in [0.3, 0.4) is 0 Å².